The van der Waals surface area contributed by atoms with Gasteiger partial charge in [-0.15, -0.1) is 0 Å². The van der Waals surface area contributed by atoms with Crippen LogP contribution in [0.15, 0.2) is 0 Å². The van der Waals surface area contributed by atoms with E-state index in [-0.39, 0.29) is 5.97 Å². The lowest BCUT2D eigenvalue weighted by Gasteiger charge is -2.36. The van der Waals surface area contributed by atoms with E-state index in [1.54, 1.807) is 6.92 Å². The molecule has 1 unspecified atom stereocenters. The largest absolute Gasteiger partial charge is 0.493 e. The lowest BCUT2D eigenvalue weighted by atomic mass is 9.87. The van der Waals surface area contributed by atoms with E-state index in [9.17, 15) is 4.79 Å². The molecule has 128 valence electrons. The molecule has 0 bridgehead atoms. The van der Waals surface area contributed by atoms with E-state index in [1.807, 2.05) is 6.92 Å². The van der Waals surface area contributed by atoms with Gasteiger partial charge in [0, 0.05) is 16.4 Å². The number of methoxy groups -OCH3 is 1. The molecule has 0 aromatic heterocycles. The fourth-order valence-electron chi connectivity index (χ4n) is 3.04. The average molecular weight is 432 g/mol. The van der Waals surface area contributed by atoms with Crippen LogP contribution in [0.4, 0.5) is 0 Å². The molecule has 2 rings (SSSR count). The van der Waals surface area contributed by atoms with Gasteiger partial charge in [-0.1, -0.05) is 22.6 Å². The lowest BCUT2D eigenvalue weighted by molar-refractivity contribution is -0.159. The zero-order valence-electron chi connectivity index (χ0n) is 14.5. The molecule has 4 nitrogen and oxygen atoms in total. The third-order valence-corrected chi connectivity index (χ3v) is 5.39. The van der Waals surface area contributed by atoms with Crippen molar-refractivity contribution in [3.05, 3.63) is 22.3 Å². The molecule has 0 aliphatic carbocycles. The fraction of sp³-hybridized carbons (Fsp3) is 0.611. The summed E-state index contributed by atoms with van der Waals surface area (Å²) in [6, 6.07) is 0. The smallest absolute Gasteiger partial charge is 0.349 e. The van der Waals surface area contributed by atoms with Gasteiger partial charge in [-0.2, -0.15) is 0 Å². The molecule has 0 spiro atoms. The van der Waals surface area contributed by atoms with Gasteiger partial charge in [-0.25, -0.2) is 4.79 Å². The molecule has 1 aliphatic heterocycles. The number of benzene rings is 1. The van der Waals surface area contributed by atoms with E-state index >= 15 is 0 Å². The molecule has 5 heteroatoms. The van der Waals surface area contributed by atoms with Crippen molar-refractivity contribution in [2.75, 3.05) is 18.1 Å². The van der Waals surface area contributed by atoms with Gasteiger partial charge in [0.05, 0.1) is 13.7 Å². The number of carbonyl (C=O) groups is 1. The van der Waals surface area contributed by atoms with Crippen LogP contribution in [-0.4, -0.2) is 29.7 Å². The van der Waals surface area contributed by atoms with Gasteiger partial charge in [0.15, 0.2) is 0 Å². The number of alkyl halides is 1. The minimum Gasteiger partial charge on any atom is -0.493 e. The summed E-state index contributed by atoms with van der Waals surface area (Å²) >= 11 is 2.36. The van der Waals surface area contributed by atoms with Crippen LogP contribution in [0.25, 0.3) is 0 Å². The normalized spacial score (nSPS) is 19.7. The third kappa shape index (κ3) is 3.44. The molecule has 1 aromatic rings. The van der Waals surface area contributed by atoms with E-state index in [1.165, 1.54) is 7.11 Å². The van der Waals surface area contributed by atoms with Crippen LogP contribution in [0.3, 0.4) is 0 Å². The van der Waals surface area contributed by atoms with Gasteiger partial charge < -0.3 is 14.2 Å². The number of halogens is 1. The van der Waals surface area contributed by atoms with Crippen molar-refractivity contribution in [2.24, 2.45) is 0 Å². The minimum atomic E-state index is -0.908. The van der Waals surface area contributed by atoms with Gasteiger partial charge in [0.25, 0.3) is 0 Å². The molecular formula is C18H25IO4. The first-order valence-corrected chi connectivity index (χ1v) is 9.47. The van der Waals surface area contributed by atoms with Crippen molar-refractivity contribution < 1.29 is 19.0 Å². The highest BCUT2D eigenvalue weighted by Crippen LogP contribution is 2.44. The molecular weight excluding hydrogens is 407 g/mol. The van der Waals surface area contributed by atoms with Crippen LogP contribution in [0.5, 0.6) is 11.5 Å². The van der Waals surface area contributed by atoms with Gasteiger partial charge in [0.2, 0.25) is 5.60 Å². The molecule has 0 saturated heterocycles. The Morgan fingerprint density at radius 1 is 1.26 bits per heavy atom. The van der Waals surface area contributed by atoms with E-state index in [0.717, 1.165) is 57.6 Å². The lowest BCUT2D eigenvalue weighted by Crippen LogP contribution is -2.45. The van der Waals surface area contributed by atoms with Crippen LogP contribution < -0.4 is 9.47 Å². The van der Waals surface area contributed by atoms with Gasteiger partial charge in [0.1, 0.15) is 11.5 Å². The number of hydrogen-bond acceptors (Lipinski definition) is 4. The van der Waals surface area contributed by atoms with Crippen molar-refractivity contribution in [1.29, 1.82) is 0 Å². The number of fused-ring (bicyclic) bond motifs is 1. The van der Waals surface area contributed by atoms with Crippen molar-refractivity contribution in [3.8, 4) is 11.5 Å². The van der Waals surface area contributed by atoms with Crippen molar-refractivity contribution >= 4 is 28.6 Å². The molecule has 0 radical (unpaired) electrons. The quantitative estimate of drug-likeness (QED) is 0.305. The molecule has 1 aromatic carbocycles. The fourth-order valence-corrected chi connectivity index (χ4v) is 3.35. The molecule has 1 aliphatic rings. The van der Waals surface area contributed by atoms with Gasteiger partial charge >= 0.3 is 5.97 Å². The van der Waals surface area contributed by atoms with Crippen LogP contribution in [0, 0.1) is 20.8 Å². The second kappa shape index (κ2) is 7.28. The number of hydrogen-bond donors (Lipinski definition) is 0. The second-order valence-corrected chi connectivity index (χ2v) is 7.31. The molecule has 0 N–H and O–H groups in total. The molecule has 0 fully saturated rings. The standard InChI is InChI=1S/C18H25IO4/c1-11-12(2)16-14(13(3)15(11)22-10-6-9-19)7-8-18(4,23-16)17(20)21-5/h6-10H2,1-5H3. The maximum atomic E-state index is 12.0. The Bertz CT molecular complexity index is 612. The molecule has 1 atom stereocenters. The van der Waals surface area contributed by atoms with Crippen LogP contribution >= 0.6 is 22.6 Å². The summed E-state index contributed by atoms with van der Waals surface area (Å²) in [5.74, 6) is 1.47. The summed E-state index contributed by atoms with van der Waals surface area (Å²) in [5, 5.41) is 0. The first-order valence-electron chi connectivity index (χ1n) is 7.94. The van der Waals surface area contributed by atoms with Crippen LogP contribution in [0.1, 0.15) is 42.0 Å². The Morgan fingerprint density at radius 3 is 2.57 bits per heavy atom. The minimum absolute atomic E-state index is 0.319. The maximum Gasteiger partial charge on any atom is 0.349 e. The molecule has 0 saturated carbocycles. The highest BCUT2D eigenvalue weighted by molar-refractivity contribution is 14.1. The average Bonchev–Trinajstić information content (AvgIpc) is 2.55. The van der Waals surface area contributed by atoms with Crippen molar-refractivity contribution in [1.82, 2.24) is 0 Å². The van der Waals surface area contributed by atoms with Crippen LogP contribution in [0.2, 0.25) is 0 Å². The van der Waals surface area contributed by atoms with E-state index < -0.39 is 5.60 Å². The monoisotopic (exact) mass is 432 g/mol. The molecule has 0 amide bonds. The topological polar surface area (TPSA) is 44.8 Å². The van der Waals surface area contributed by atoms with Crippen molar-refractivity contribution in [2.45, 2.75) is 52.6 Å². The number of rotatable bonds is 5. The number of carbonyl (C=O) groups excluding carboxylic acids is 1. The summed E-state index contributed by atoms with van der Waals surface area (Å²) in [4.78, 5) is 12.0. The van der Waals surface area contributed by atoms with Gasteiger partial charge in [-0.05, 0) is 57.2 Å². The Morgan fingerprint density at radius 2 is 1.96 bits per heavy atom. The van der Waals surface area contributed by atoms with E-state index in [0.29, 0.717) is 6.42 Å². The molecule has 1 heterocycles. The number of esters is 1. The van der Waals surface area contributed by atoms with Gasteiger partial charge in [-0.3, -0.25) is 0 Å². The summed E-state index contributed by atoms with van der Waals surface area (Å²) in [6.07, 6.45) is 2.44. The highest BCUT2D eigenvalue weighted by atomic mass is 127. The number of ether oxygens (including phenoxy) is 3. The van der Waals surface area contributed by atoms with Crippen molar-refractivity contribution in [3.63, 3.8) is 0 Å². The van der Waals surface area contributed by atoms with E-state index in [2.05, 4.69) is 36.4 Å². The predicted molar refractivity (Wildman–Crippen MR) is 99.0 cm³/mol. The molecule has 23 heavy (non-hydrogen) atoms. The highest BCUT2D eigenvalue weighted by Gasteiger charge is 2.41. The maximum absolute atomic E-state index is 12.0. The Kier molecular flexibility index (Phi) is 5.81. The Labute approximate surface area is 152 Å². The summed E-state index contributed by atoms with van der Waals surface area (Å²) in [5.41, 5.74) is 3.51. The van der Waals surface area contributed by atoms with E-state index in [4.69, 9.17) is 14.2 Å². The SMILES string of the molecule is COC(=O)C1(C)CCc2c(C)c(OCCCI)c(C)c(C)c2O1. The summed E-state index contributed by atoms with van der Waals surface area (Å²) in [7, 11) is 1.40. The first kappa shape index (κ1) is 18.4. The predicted octanol–water partition coefficient (Wildman–Crippen LogP) is 4.07. The zero-order chi connectivity index (χ0) is 17.2. The second-order valence-electron chi connectivity index (χ2n) is 6.23. The Balaban J connectivity index is 2.41. The van der Waals surface area contributed by atoms with Crippen LogP contribution in [-0.2, 0) is 16.0 Å². The summed E-state index contributed by atoms with van der Waals surface area (Å²) in [6.45, 7) is 8.69. The zero-order valence-corrected chi connectivity index (χ0v) is 16.7. The summed E-state index contributed by atoms with van der Waals surface area (Å²) < 4.78 is 18.1. The Hall–Kier alpha value is -0.980. The third-order valence-electron chi connectivity index (χ3n) is 4.63. The first-order chi connectivity index (χ1) is 10.9.